The summed E-state index contributed by atoms with van der Waals surface area (Å²) in [4.78, 5) is 32.0. The van der Waals surface area contributed by atoms with Gasteiger partial charge in [0.15, 0.2) is 5.82 Å². The number of benzene rings is 1. The molecule has 2 heterocycles. The number of nitrogens with one attached hydrogen (secondary N) is 1. The van der Waals surface area contributed by atoms with Gasteiger partial charge in [-0.25, -0.2) is 0 Å². The Bertz CT molecular complexity index is 906. The number of aromatic nitrogens is 2. The highest BCUT2D eigenvalue weighted by Gasteiger charge is 2.27. The summed E-state index contributed by atoms with van der Waals surface area (Å²) in [5.41, 5.74) is 0.944. The van der Waals surface area contributed by atoms with Crippen LogP contribution >= 0.6 is 0 Å². The minimum atomic E-state index is -0.167. The van der Waals surface area contributed by atoms with Gasteiger partial charge >= 0.3 is 0 Å². The Morgan fingerprint density at radius 2 is 1.84 bits per heavy atom. The molecule has 0 radical (unpaired) electrons. The lowest BCUT2D eigenvalue weighted by atomic mass is 9.91. The van der Waals surface area contributed by atoms with Crippen molar-refractivity contribution in [3.8, 4) is 0 Å². The van der Waals surface area contributed by atoms with Gasteiger partial charge in [0, 0.05) is 31.3 Å². The van der Waals surface area contributed by atoms with Gasteiger partial charge in [0.05, 0.1) is 11.3 Å². The van der Waals surface area contributed by atoms with Crippen molar-refractivity contribution in [3.05, 3.63) is 41.5 Å². The van der Waals surface area contributed by atoms with Crippen molar-refractivity contribution in [3.63, 3.8) is 0 Å². The van der Waals surface area contributed by atoms with Crippen LogP contribution in [0.5, 0.6) is 0 Å². The third-order valence-corrected chi connectivity index (χ3v) is 5.52. The second kappa shape index (κ2) is 9.62. The standard InChI is InChI=1S/C24H34N4O3/c1-16-13-17(2)15-28(14-16)22(30)18-9-6-7-10-19(18)25-20(29)11-8-12-21-26-23(27-31-21)24(3,4)5/h6-7,9-10,16-17H,8,11-15H2,1-5H3,(H,25,29). The van der Waals surface area contributed by atoms with Crippen LogP contribution in [0.3, 0.4) is 0 Å². The van der Waals surface area contributed by atoms with Crippen LogP contribution < -0.4 is 5.32 Å². The number of rotatable bonds is 6. The molecular weight excluding hydrogens is 392 g/mol. The average molecular weight is 427 g/mol. The Labute approximate surface area is 184 Å². The van der Waals surface area contributed by atoms with Gasteiger partial charge in [-0.1, -0.05) is 51.9 Å². The number of carbonyl (C=O) groups is 2. The van der Waals surface area contributed by atoms with E-state index in [1.165, 1.54) is 0 Å². The Balaban J connectivity index is 1.57. The predicted molar refractivity (Wildman–Crippen MR) is 120 cm³/mol. The Hall–Kier alpha value is -2.70. The topological polar surface area (TPSA) is 88.3 Å². The molecule has 0 bridgehead atoms. The molecule has 1 aliphatic heterocycles. The Kier molecular flexibility index (Phi) is 7.13. The smallest absolute Gasteiger partial charge is 0.255 e. The molecule has 0 aliphatic carbocycles. The number of hydrogen-bond acceptors (Lipinski definition) is 5. The molecule has 1 aliphatic rings. The second-order valence-corrected chi connectivity index (χ2v) is 9.87. The summed E-state index contributed by atoms with van der Waals surface area (Å²) in [6.07, 6.45) is 2.59. The summed E-state index contributed by atoms with van der Waals surface area (Å²) in [6.45, 7) is 11.9. The molecule has 0 saturated carbocycles. The summed E-state index contributed by atoms with van der Waals surface area (Å²) in [5, 5.41) is 6.93. The van der Waals surface area contributed by atoms with E-state index in [0.29, 0.717) is 54.1 Å². The lowest BCUT2D eigenvalue weighted by Gasteiger charge is -2.35. The first-order chi connectivity index (χ1) is 14.6. The zero-order valence-corrected chi connectivity index (χ0v) is 19.3. The number of carbonyl (C=O) groups excluding carboxylic acids is 2. The highest BCUT2D eigenvalue weighted by Crippen LogP contribution is 2.25. The van der Waals surface area contributed by atoms with Crippen molar-refractivity contribution in [1.29, 1.82) is 0 Å². The fourth-order valence-electron chi connectivity index (χ4n) is 4.05. The maximum Gasteiger partial charge on any atom is 0.255 e. The van der Waals surface area contributed by atoms with Crippen molar-refractivity contribution in [2.75, 3.05) is 18.4 Å². The van der Waals surface area contributed by atoms with E-state index < -0.39 is 0 Å². The molecule has 1 fully saturated rings. The van der Waals surface area contributed by atoms with Crippen molar-refractivity contribution >= 4 is 17.5 Å². The zero-order chi connectivity index (χ0) is 22.6. The highest BCUT2D eigenvalue weighted by atomic mass is 16.5. The summed E-state index contributed by atoms with van der Waals surface area (Å²) in [6, 6.07) is 7.24. The number of amides is 2. The van der Waals surface area contributed by atoms with Crippen LogP contribution in [0.2, 0.25) is 0 Å². The first-order valence-electron chi connectivity index (χ1n) is 11.1. The fourth-order valence-corrected chi connectivity index (χ4v) is 4.05. The van der Waals surface area contributed by atoms with Crippen LogP contribution in [-0.2, 0) is 16.6 Å². The van der Waals surface area contributed by atoms with Crippen molar-refractivity contribution < 1.29 is 14.1 Å². The number of para-hydroxylation sites is 1. The minimum Gasteiger partial charge on any atom is -0.339 e. The van der Waals surface area contributed by atoms with Gasteiger partial charge in [0.25, 0.3) is 5.91 Å². The Morgan fingerprint density at radius 1 is 1.16 bits per heavy atom. The maximum absolute atomic E-state index is 13.1. The van der Waals surface area contributed by atoms with Gasteiger partial charge in [-0.3, -0.25) is 9.59 Å². The summed E-state index contributed by atoms with van der Waals surface area (Å²) in [7, 11) is 0. The van der Waals surface area contributed by atoms with Crippen molar-refractivity contribution in [1.82, 2.24) is 15.0 Å². The highest BCUT2D eigenvalue weighted by molar-refractivity contribution is 6.03. The summed E-state index contributed by atoms with van der Waals surface area (Å²) in [5.74, 6) is 2.03. The number of nitrogens with zero attached hydrogens (tertiary/aromatic N) is 3. The quantitative estimate of drug-likeness (QED) is 0.737. The number of aryl methyl sites for hydroxylation is 1. The lowest BCUT2D eigenvalue weighted by Crippen LogP contribution is -2.42. The van der Waals surface area contributed by atoms with E-state index in [9.17, 15) is 9.59 Å². The van der Waals surface area contributed by atoms with Crippen LogP contribution in [0.1, 0.15) is 76.0 Å². The van der Waals surface area contributed by atoms with Crippen LogP contribution in [0.25, 0.3) is 0 Å². The van der Waals surface area contributed by atoms with E-state index in [1.807, 2.05) is 37.8 Å². The second-order valence-electron chi connectivity index (χ2n) is 9.87. The molecule has 1 N–H and O–H groups in total. The molecule has 1 aromatic heterocycles. The Morgan fingerprint density at radius 3 is 2.48 bits per heavy atom. The minimum absolute atomic E-state index is 0.0186. The normalized spacial score (nSPS) is 19.3. The zero-order valence-electron chi connectivity index (χ0n) is 19.3. The lowest BCUT2D eigenvalue weighted by molar-refractivity contribution is -0.116. The van der Waals surface area contributed by atoms with Gasteiger partial charge in [-0.2, -0.15) is 4.98 Å². The number of piperidine rings is 1. The van der Waals surface area contributed by atoms with Crippen LogP contribution in [0.15, 0.2) is 28.8 Å². The molecule has 7 nitrogen and oxygen atoms in total. The predicted octanol–water partition coefficient (Wildman–Crippen LogP) is 4.45. The number of likely N-dealkylation sites (tertiary alicyclic amines) is 1. The van der Waals surface area contributed by atoms with E-state index in [-0.39, 0.29) is 17.2 Å². The van der Waals surface area contributed by atoms with E-state index in [0.717, 1.165) is 19.5 Å². The van der Waals surface area contributed by atoms with Gasteiger partial charge in [-0.05, 0) is 36.8 Å². The molecule has 7 heteroatoms. The first-order valence-corrected chi connectivity index (χ1v) is 11.1. The van der Waals surface area contributed by atoms with E-state index >= 15 is 0 Å². The summed E-state index contributed by atoms with van der Waals surface area (Å²) < 4.78 is 5.28. The van der Waals surface area contributed by atoms with Crippen LogP contribution in [0, 0.1) is 11.8 Å². The molecule has 2 aromatic rings. The molecule has 3 rings (SSSR count). The average Bonchev–Trinajstić information content (AvgIpc) is 3.16. The molecule has 2 unspecified atom stereocenters. The summed E-state index contributed by atoms with van der Waals surface area (Å²) >= 11 is 0. The fraction of sp³-hybridized carbons (Fsp3) is 0.583. The molecule has 0 spiro atoms. The molecule has 1 aromatic carbocycles. The SMILES string of the molecule is CC1CC(C)CN(C(=O)c2ccccc2NC(=O)CCCc2nc(C(C)(C)C)no2)C1. The number of anilines is 1. The van der Waals surface area contributed by atoms with Gasteiger partial charge in [-0.15, -0.1) is 0 Å². The monoisotopic (exact) mass is 426 g/mol. The van der Waals surface area contributed by atoms with Crippen molar-refractivity contribution in [2.24, 2.45) is 11.8 Å². The molecule has 2 amide bonds. The number of hydrogen-bond donors (Lipinski definition) is 1. The van der Waals surface area contributed by atoms with E-state index in [1.54, 1.807) is 12.1 Å². The molecule has 168 valence electrons. The third kappa shape index (κ3) is 6.15. The van der Waals surface area contributed by atoms with Crippen LogP contribution in [-0.4, -0.2) is 39.9 Å². The largest absolute Gasteiger partial charge is 0.339 e. The molecule has 1 saturated heterocycles. The first kappa shape index (κ1) is 23.0. The van der Waals surface area contributed by atoms with Gasteiger partial charge in [0.2, 0.25) is 11.8 Å². The van der Waals surface area contributed by atoms with Gasteiger partial charge in [0.1, 0.15) is 0 Å². The van der Waals surface area contributed by atoms with Gasteiger partial charge < -0.3 is 14.7 Å². The third-order valence-electron chi connectivity index (χ3n) is 5.52. The van der Waals surface area contributed by atoms with E-state index in [2.05, 4.69) is 29.3 Å². The molecule has 31 heavy (non-hydrogen) atoms. The van der Waals surface area contributed by atoms with E-state index in [4.69, 9.17) is 4.52 Å². The molecule has 2 atom stereocenters. The van der Waals surface area contributed by atoms with Crippen LogP contribution in [0.4, 0.5) is 5.69 Å². The molecular formula is C24H34N4O3. The maximum atomic E-state index is 13.1. The van der Waals surface area contributed by atoms with Crippen molar-refractivity contribution in [2.45, 2.75) is 65.7 Å².